The Hall–Kier alpha value is -1.49. The number of benzene rings is 1. The number of hydrogen-bond acceptors (Lipinski definition) is 3. The molecular weight excluding hydrogens is 274 g/mol. The molecule has 0 bridgehead atoms. The van der Waals surface area contributed by atoms with Gasteiger partial charge in [0.05, 0.1) is 5.75 Å². The Bertz CT molecular complexity index is 445. The summed E-state index contributed by atoms with van der Waals surface area (Å²) in [6.07, 6.45) is 0.732. The number of aliphatic carboxylic acids is 1. The van der Waals surface area contributed by atoms with Gasteiger partial charge in [-0.15, -0.1) is 11.8 Å². The SMILES string of the molecule is Cc1ccc(SCC(=O)NCC(C)CCC(=O)O)cc1. The van der Waals surface area contributed by atoms with E-state index in [-0.39, 0.29) is 18.2 Å². The molecule has 1 amide bonds. The molecule has 0 radical (unpaired) electrons. The maximum atomic E-state index is 11.7. The lowest BCUT2D eigenvalue weighted by atomic mass is 10.1. The summed E-state index contributed by atoms with van der Waals surface area (Å²) in [5, 5.41) is 11.4. The summed E-state index contributed by atoms with van der Waals surface area (Å²) in [6.45, 7) is 4.50. The fourth-order valence-electron chi connectivity index (χ4n) is 1.59. The van der Waals surface area contributed by atoms with Gasteiger partial charge in [0.25, 0.3) is 0 Å². The lowest BCUT2D eigenvalue weighted by Crippen LogP contribution is -2.29. The van der Waals surface area contributed by atoms with Crippen LogP contribution in [0.1, 0.15) is 25.3 Å². The van der Waals surface area contributed by atoms with Crippen LogP contribution in [0.3, 0.4) is 0 Å². The second kappa shape index (κ2) is 8.64. The van der Waals surface area contributed by atoms with Crippen molar-refractivity contribution in [3.63, 3.8) is 0 Å². The van der Waals surface area contributed by atoms with Crippen LogP contribution in [0.2, 0.25) is 0 Å². The van der Waals surface area contributed by atoms with E-state index in [9.17, 15) is 9.59 Å². The summed E-state index contributed by atoms with van der Waals surface area (Å²) < 4.78 is 0. The summed E-state index contributed by atoms with van der Waals surface area (Å²) in [5.41, 5.74) is 1.20. The second-order valence-corrected chi connectivity index (χ2v) is 5.99. The Labute approximate surface area is 124 Å². The maximum absolute atomic E-state index is 11.7. The van der Waals surface area contributed by atoms with Crippen molar-refractivity contribution < 1.29 is 14.7 Å². The predicted octanol–water partition coefficient (Wildman–Crippen LogP) is 2.70. The van der Waals surface area contributed by atoms with Crippen LogP contribution in [0.5, 0.6) is 0 Å². The minimum Gasteiger partial charge on any atom is -0.481 e. The number of hydrogen-bond donors (Lipinski definition) is 2. The zero-order chi connectivity index (χ0) is 15.0. The first-order valence-electron chi connectivity index (χ1n) is 6.65. The van der Waals surface area contributed by atoms with E-state index in [4.69, 9.17) is 5.11 Å². The number of carboxylic acids is 1. The third kappa shape index (κ3) is 7.19. The van der Waals surface area contributed by atoms with Crippen LogP contribution in [0.4, 0.5) is 0 Å². The zero-order valence-corrected chi connectivity index (χ0v) is 12.7. The molecule has 0 aliphatic carbocycles. The lowest BCUT2D eigenvalue weighted by molar-refractivity contribution is -0.137. The molecular formula is C15H21NO3S. The zero-order valence-electron chi connectivity index (χ0n) is 11.9. The van der Waals surface area contributed by atoms with Gasteiger partial charge < -0.3 is 10.4 Å². The number of thioether (sulfide) groups is 1. The van der Waals surface area contributed by atoms with Gasteiger partial charge in [-0.2, -0.15) is 0 Å². The fourth-order valence-corrected chi connectivity index (χ4v) is 2.32. The van der Waals surface area contributed by atoms with Gasteiger partial charge in [-0.05, 0) is 31.4 Å². The summed E-state index contributed by atoms with van der Waals surface area (Å²) in [6, 6.07) is 8.05. The van der Waals surface area contributed by atoms with E-state index >= 15 is 0 Å². The minimum atomic E-state index is -0.793. The van der Waals surface area contributed by atoms with Gasteiger partial charge in [0.1, 0.15) is 0 Å². The number of rotatable bonds is 8. The van der Waals surface area contributed by atoms with Gasteiger partial charge in [-0.3, -0.25) is 9.59 Å². The van der Waals surface area contributed by atoms with E-state index in [2.05, 4.69) is 5.32 Å². The van der Waals surface area contributed by atoms with Crippen molar-refractivity contribution in [2.45, 2.75) is 31.6 Å². The number of carbonyl (C=O) groups excluding carboxylic acids is 1. The number of nitrogens with one attached hydrogen (secondary N) is 1. The topological polar surface area (TPSA) is 66.4 Å². The molecule has 0 fully saturated rings. The normalized spacial score (nSPS) is 11.9. The molecule has 0 saturated carbocycles. The Morgan fingerprint density at radius 3 is 2.55 bits per heavy atom. The van der Waals surface area contributed by atoms with Crippen molar-refractivity contribution in [1.29, 1.82) is 0 Å². The first-order chi connectivity index (χ1) is 9.47. The molecule has 0 aromatic heterocycles. The predicted molar refractivity (Wildman–Crippen MR) is 80.9 cm³/mol. The van der Waals surface area contributed by atoms with Crippen LogP contribution in [0, 0.1) is 12.8 Å². The molecule has 5 heteroatoms. The molecule has 0 aliphatic heterocycles. The van der Waals surface area contributed by atoms with Gasteiger partial charge in [0.2, 0.25) is 5.91 Å². The minimum absolute atomic E-state index is 0.0160. The summed E-state index contributed by atoms with van der Waals surface area (Å²) in [7, 11) is 0. The third-order valence-corrected chi connectivity index (χ3v) is 3.90. The van der Waals surface area contributed by atoms with Crippen molar-refractivity contribution in [1.82, 2.24) is 5.32 Å². The van der Waals surface area contributed by atoms with Crippen LogP contribution >= 0.6 is 11.8 Å². The standard InChI is InChI=1S/C15H21NO3S/c1-11-3-6-13(7-4-11)20-10-14(17)16-9-12(2)5-8-15(18)19/h3-4,6-7,12H,5,8-10H2,1-2H3,(H,16,17)(H,18,19). The molecule has 1 atom stereocenters. The molecule has 1 aromatic rings. The highest BCUT2D eigenvalue weighted by Gasteiger charge is 2.08. The maximum Gasteiger partial charge on any atom is 0.303 e. The monoisotopic (exact) mass is 295 g/mol. The molecule has 0 saturated heterocycles. The summed E-state index contributed by atoms with van der Waals surface area (Å²) in [5.74, 6) is -0.246. The first-order valence-corrected chi connectivity index (χ1v) is 7.64. The van der Waals surface area contributed by atoms with E-state index in [0.29, 0.717) is 18.7 Å². The molecule has 1 unspecified atom stereocenters. The Balaban J connectivity index is 2.20. The van der Waals surface area contributed by atoms with Crippen molar-refractivity contribution >= 4 is 23.6 Å². The molecule has 1 rings (SSSR count). The molecule has 110 valence electrons. The highest BCUT2D eigenvalue weighted by atomic mass is 32.2. The lowest BCUT2D eigenvalue weighted by Gasteiger charge is -2.11. The highest BCUT2D eigenvalue weighted by molar-refractivity contribution is 8.00. The quantitative estimate of drug-likeness (QED) is 0.724. The van der Waals surface area contributed by atoms with E-state index < -0.39 is 5.97 Å². The van der Waals surface area contributed by atoms with Gasteiger partial charge in [0, 0.05) is 17.9 Å². The molecule has 0 aliphatic rings. The van der Waals surface area contributed by atoms with Gasteiger partial charge >= 0.3 is 5.97 Å². The average Bonchev–Trinajstić information content (AvgIpc) is 2.42. The first kappa shape index (κ1) is 16.6. The van der Waals surface area contributed by atoms with Crippen LogP contribution in [-0.4, -0.2) is 29.3 Å². The summed E-state index contributed by atoms with van der Waals surface area (Å²) >= 11 is 1.50. The van der Waals surface area contributed by atoms with E-state index in [1.807, 2.05) is 38.1 Å². The Morgan fingerprint density at radius 1 is 1.30 bits per heavy atom. The van der Waals surface area contributed by atoms with Gasteiger partial charge in [0.15, 0.2) is 0 Å². The van der Waals surface area contributed by atoms with E-state index in [1.54, 1.807) is 0 Å². The average molecular weight is 295 g/mol. The Morgan fingerprint density at radius 2 is 1.95 bits per heavy atom. The largest absolute Gasteiger partial charge is 0.481 e. The molecule has 20 heavy (non-hydrogen) atoms. The van der Waals surface area contributed by atoms with Crippen LogP contribution in [0.25, 0.3) is 0 Å². The third-order valence-electron chi connectivity index (χ3n) is 2.89. The highest BCUT2D eigenvalue weighted by Crippen LogP contribution is 2.17. The van der Waals surface area contributed by atoms with Crippen LogP contribution in [0.15, 0.2) is 29.2 Å². The number of carboxylic acid groups (broad SMARTS) is 1. The van der Waals surface area contributed by atoms with Gasteiger partial charge in [-0.25, -0.2) is 0 Å². The molecule has 2 N–H and O–H groups in total. The summed E-state index contributed by atoms with van der Waals surface area (Å²) in [4.78, 5) is 23.2. The second-order valence-electron chi connectivity index (χ2n) is 4.94. The number of aryl methyl sites for hydroxylation is 1. The smallest absolute Gasteiger partial charge is 0.303 e. The van der Waals surface area contributed by atoms with Crippen molar-refractivity contribution in [2.75, 3.05) is 12.3 Å². The van der Waals surface area contributed by atoms with Crippen LogP contribution in [-0.2, 0) is 9.59 Å². The van der Waals surface area contributed by atoms with Gasteiger partial charge in [-0.1, -0.05) is 24.6 Å². The molecule has 1 aromatic carbocycles. The van der Waals surface area contributed by atoms with Crippen molar-refractivity contribution in [3.8, 4) is 0 Å². The van der Waals surface area contributed by atoms with E-state index in [1.165, 1.54) is 17.3 Å². The van der Waals surface area contributed by atoms with Crippen molar-refractivity contribution in [2.24, 2.45) is 5.92 Å². The van der Waals surface area contributed by atoms with Crippen molar-refractivity contribution in [3.05, 3.63) is 29.8 Å². The molecule has 4 nitrogen and oxygen atoms in total. The Kier molecular flexibility index (Phi) is 7.15. The number of amides is 1. The van der Waals surface area contributed by atoms with Crippen LogP contribution < -0.4 is 5.32 Å². The molecule has 0 spiro atoms. The number of carbonyl (C=O) groups is 2. The fraction of sp³-hybridized carbons (Fsp3) is 0.467. The van der Waals surface area contributed by atoms with E-state index in [0.717, 1.165) is 4.90 Å². The molecule has 0 heterocycles.